The van der Waals surface area contributed by atoms with Crippen LogP contribution in [0.1, 0.15) is 17.9 Å². The maximum Gasteiger partial charge on any atom is 0.0553 e. The third-order valence-corrected chi connectivity index (χ3v) is 5.03. The molecule has 0 radical (unpaired) electrons. The van der Waals surface area contributed by atoms with Gasteiger partial charge in [0.05, 0.1) is 11.9 Å². The number of hydrogen-bond donors (Lipinski definition) is 0. The lowest BCUT2D eigenvalue weighted by Gasteiger charge is -2.36. The van der Waals surface area contributed by atoms with Gasteiger partial charge < -0.3 is 4.90 Å². The molecular formula is C19H24BrN3. The first-order valence-corrected chi connectivity index (χ1v) is 8.32. The summed E-state index contributed by atoms with van der Waals surface area (Å²) in [5, 5.41) is 0. The van der Waals surface area contributed by atoms with Gasteiger partial charge >= 0.3 is 0 Å². The molecule has 2 aromatic rings. The molecule has 122 valence electrons. The Morgan fingerprint density at radius 2 is 1.74 bits per heavy atom. The Bertz CT molecular complexity index is 597. The van der Waals surface area contributed by atoms with E-state index in [0.29, 0.717) is 0 Å². The summed E-state index contributed by atoms with van der Waals surface area (Å²) in [4.78, 5) is 9.31. The summed E-state index contributed by atoms with van der Waals surface area (Å²) in [6.45, 7) is 5.85. The van der Waals surface area contributed by atoms with Gasteiger partial charge in [0, 0.05) is 38.9 Å². The average molecular weight is 374 g/mol. The molecule has 2 aliphatic rings. The van der Waals surface area contributed by atoms with E-state index in [9.17, 15) is 0 Å². The van der Waals surface area contributed by atoms with Crippen LogP contribution in [-0.2, 0) is 0 Å². The molecule has 4 rings (SSSR count). The van der Waals surface area contributed by atoms with Crippen molar-refractivity contribution in [2.45, 2.75) is 12.3 Å². The minimum Gasteiger partial charge on any atom is -0.368 e. The van der Waals surface area contributed by atoms with Crippen molar-refractivity contribution in [2.75, 3.05) is 37.6 Å². The monoisotopic (exact) mass is 373 g/mol. The second kappa shape index (κ2) is 7.45. The van der Waals surface area contributed by atoms with Crippen LogP contribution in [0.15, 0.2) is 54.9 Å². The van der Waals surface area contributed by atoms with E-state index in [2.05, 4.69) is 51.2 Å². The summed E-state index contributed by atoms with van der Waals surface area (Å²) in [6.07, 6.45) is 5.19. The van der Waals surface area contributed by atoms with Crippen molar-refractivity contribution in [3.05, 3.63) is 60.4 Å². The number of benzene rings is 1. The Hall–Kier alpha value is -1.39. The van der Waals surface area contributed by atoms with E-state index < -0.39 is 0 Å². The molecule has 0 N–H and O–H groups in total. The highest BCUT2D eigenvalue weighted by molar-refractivity contribution is 8.93. The second-order valence-electron chi connectivity index (χ2n) is 6.51. The van der Waals surface area contributed by atoms with Crippen LogP contribution in [0, 0.1) is 5.92 Å². The van der Waals surface area contributed by atoms with Crippen LogP contribution in [0.5, 0.6) is 0 Å². The summed E-state index contributed by atoms with van der Waals surface area (Å²) in [5.41, 5.74) is 2.79. The summed E-state index contributed by atoms with van der Waals surface area (Å²) < 4.78 is 0. The molecule has 1 aromatic carbocycles. The molecule has 3 nitrogen and oxygen atoms in total. The van der Waals surface area contributed by atoms with Crippen molar-refractivity contribution in [1.82, 2.24) is 9.88 Å². The zero-order valence-corrected chi connectivity index (χ0v) is 15.1. The van der Waals surface area contributed by atoms with Crippen LogP contribution >= 0.6 is 17.0 Å². The SMILES string of the molecule is Br.c1ccc([C@H]2C[C@@H]2CN2CCN(c3cccnc3)CC2)cc1. The molecule has 1 aromatic heterocycles. The lowest BCUT2D eigenvalue weighted by Crippen LogP contribution is -2.47. The number of aromatic nitrogens is 1. The van der Waals surface area contributed by atoms with Crippen LogP contribution in [0.2, 0.25) is 0 Å². The van der Waals surface area contributed by atoms with Crippen molar-refractivity contribution in [3.63, 3.8) is 0 Å². The Morgan fingerprint density at radius 1 is 0.957 bits per heavy atom. The number of anilines is 1. The van der Waals surface area contributed by atoms with Crippen molar-refractivity contribution in [1.29, 1.82) is 0 Å². The first-order chi connectivity index (χ1) is 10.9. The predicted octanol–water partition coefficient (Wildman–Crippen LogP) is 3.59. The van der Waals surface area contributed by atoms with Crippen molar-refractivity contribution in [2.24, 2.45) is 5.92 Å². The maximum absolute atomic E-state index is 4.23. The van der Waals surface area contributed by atoms with Gasteiger partial charge in [0.1, 0.15) is 0 Å². The minimum atomic E-state index is 0. The van der Waals surface area contributed by atoms with Crippen LogP contribution in [-0.4, -0.2) is 42.6 Å². The third kappa shape index (κ3) is 3.93. The number of rotatable bonds is 4. The normalized spacial score (nSPS) is 24.1. The molecule has 0 spiro atoms. The highest BCUT2D eigenvalue weighted by Crippen LogP contribution is 2.47. The third-order valence-electron chi connectivity index (χ3n) is 5.03. The summed E-state index contributed by atoms with van der Waals surface area (Å²) in [7, 11) is 0. The van der Waals surface area contributed by atoms with Gasteiger partial charge in [0.2, 0.25) is 0 Å². The Labute approximate surface area is 149 Å². The number of hydrogen-bond acceptors (Lipinski definition) is 3. The summed E-state index contributed by atoms with van der Waals surface area (Å²) in [6, 6.07) is 15.2. The van der Waals surface area contributed by atoms with Gasteiger partial charge in [-0.05, 0) is 36.0 Å². The largest absolute Gasteiger partial charge is 0.368 e. The summed E-state index contributed by atoms with van der Waals surface area (Å²) in [5.74, 6) is 1.67. The average Bonchev–Trinajstić information content (AvgIpc) is 3.36. The van der Waals surface area contributed by atoms with Crippen LogP contribution in [0.4, 0.5) is 5.69 Å². The molecule has 4 heteroatoms. The molecule has 23 heavy (non-hydrogen) atoms. The standard InChI is InChI=1S/C19H23N3.BrH/c1-2-5-16(6-3-1)19-13-17(19)15-21-9-11-22(12-10-21)18-7-4-8-20-14-18;/h1-8,14,17,19H,9-13,15H2;1H/t17-,19-;/m1./s1. The van der Waals surface area contributed by atoms with Gasteiger partial charge in [0.25, 0.3) is 0 Å². The molecule has 2 atom stereocenters. The van der Waals surface area contributed by atoms with Crippen molar-refractivity contribution < 1.29 is 0 Å². The van der Waals surface area contributed by atoms with E-state index in [0.717, 1.165) is 24.9 Å². The van der Waals surface area contributed by atoms with E-state index in [4.69, 9.17) is 0 Å². The van der Waals surface area contributed by atoms with Gasteiger partial charge in [-0.1, -0.05) is 30.3 Å². The van der Waals surface area contributed by atoms with Gasteiger partial charge in [-0.25, -0.2) is 0 Å². The highest BCUT2D eigenvalue weighted by Gasteiger charge is 2.39. The molecular weight excluding hydrogens is 350 g/mol. The zero-order valence-electron chi connectivity index (χ0n) is 13.3. The Morgan fingerprint density at radius 3 is 2.43 bits per heavy atom. The van der Waals surface area contributed by atoms with Crippen LogP contribution < -0.4 is 4.90 Å². The quantitative estimate of drug-likeness (QED) is 0.816. The van der Waals surface area contributed by atoms with Gasteiger partial charge in [-0.3, -0.25) is 9.88 Å². The topological polar surface area (TPSA) is 19.4 Å². The van der Waals surface area contributed by atoms with Crippen molar-refractivity contribution >= 4 is 22.7 Å². The van der Waals surface area contributed by atoms with Gasteiger partial charge in [0.15, 0.2) is 0 Å². The molecule has 0 unspecified atom stereocenters. The second-order valence-corrected chi connectivity index (χ2v) is 6.51. The lowest BCUT2D eigenvalue weighted by atomic mass is 10.1. The first kappa shape index (κ1) is 16.5. The zero-order chi connectivity index (χ0) is 14.8. The molecule has 1 aliphatic heterocycles. The number of nitrogens with zero attached hydrogens (tertiary/aromatic N) is 3. The summed E-state index contributed by atoms with van der Waals surface area (Å²) >= 11 is 0. The van der Waals surface area contributed by atoms with Gasteiger partial charge in [-0.2, -0.15) is 0 Å². The molecule has 0 bridgehead atoms. The smallest absolute Gasteiger partial charge is 0.0553 e. The van der Waals surface area contributed by atoms with Crippen LogP contribution in [0.3, 0.4) is 0 Å². The number of pyridine rings is 1. The highest BCUT2D eigenvalue weighted by atomic mass is 79.9. The molecule has 2 fully saturated rings. The van der Waals surface area contributed by atoms with Gasteiger partial charge in [-0.15, -0.1) is 17.0 Å². The number of piperazine rings is 1. The fraction of sp³-hybridized carbons (Fsp3) is 0.421. The van der Waals surface area contributed by atoms with E-state index in [-0.39, 0.29) is 17.0 Å². The predicted molar refractivity (Wildman–Crippen MR) is 101 cm³/mol. The minimum absolute atomic E-state index is 0. The molecule has 2 heterocycles. The lowest BCUT2D eigenvalue weighted by molar-refractivity contribution is 0.246. The molecule has 1 aliphatic carbocycles. The molecule has 0 amide bonds. The number of halogens is 1. The Balaban J connectivity index is 0.00000156. The van der Waals surface area contributed by atoms with E-state index in [1.165, 1.54) is 37.3 Å². The Kier molecular flexibility index (Phi) is 5.34. The van der Waals surface area contributed by atoms with E-state index in [1.54, 1.807) is 0 Å². The fourth-order valence-electron chi connectivity index (χ4n) is 3.62. The van der Waals surface area contributed by atoms with E-state index in [1.807, 2.05) is 18.5 Å². The fourth-order valence-corrected chi connectivity index (χ4v) is 3.62. The maximum atomic E-state index is 4.23. The van der Waals surface area contributed by atoms with E-state index >= 15 is 0 Å². The molecule has 1 saturated heterocycles. The molecule has 1 saturated carbocycles. The van der Waals surface area contributed by atoms with Crippen LogP contribution in [0.25, 0.3) is 0 Å². The van der Waals surface area contributed by atoms with Crippen molar-refractivity contribution in [3.8, 4) is 0 Å². The first-order valence-electron chi connectivity index (χ1n) is 8.32.